The smallest absolute Gasteiger partial charge is 0.220 e. The van der Waals surface area contributed by atoms with Crippen molar-refractivity contribution in [2.75, 3.05) is 12.4 Å². The van der Waals surface area contributed by atoms with Crippen LogP contribution in [0.3, 0.4) is 0 Å². The van der Waals surface area contributed by atoms with Gasteiger partial charge in [0.25, 0.3) is 0 Å². The molecule has 0 spiro atoms. The Morgan fingerprint density at radius 2 is 1.96 bits per heavy atom. The van der Waals surface area contributed by atoms with Gasteiger partial charge >= 0.3 is 0 Å². The first-order chi connectivity index (χ1) is 13.1. The number of carbonyl (C=O) groups is 1. The molecule has 1 aromatic heterocycles. The molecule has 5 heteroatoms. The monoisotopic (exact) mass is 363 g/mol. The van der Waals surface area contributed by atoms with Crippen molar-refractivity contribution >= 4 is 28.2 Å². The highest BCUT2D eigenvalue weighted by molar-refractivity contribution is 5.96. The third kappa shape index (κ3) is 4.37. The van der Waals surface area contributed by atoms with Gasteiger partial charge < -0.3 is 15.4 Å². The van der Waals surface area contributed by atoms with Crippen molar-refractivity contribution in [2.45, 2.75) is 33.2 Å². The number of para-hydroxylation sites is 1. The number of amides is 1. The van der Waals surface area contributed by atoms with Crippen LogP contribution in [0.25, 0.3) is 10.9 Å². The van der Waals surface area contributed by atoms with Crippen molar-refractivity contribution in [3.8, 4) is 5.75 Å². The first-order valence-electron chi connectivity index (χ1n) is 9.17. The first kappa shape index (κ1) is 18.7. The molecule has 1 amide bonds. The highest BCUT2D eigenvalue weighted by atomic mass is 16.5. The molecule has 0 atom stereocenters. The van der Waals surface area contributed by atoms with Crippen molar-refractivity contribution in [3.05, 3.63) is 59.8 Å². The van der Waals surface area contributed by atoms with Crippen LogP contribution in [-0.4, -0.2) is 18.0 Å². The highest BCUT2D eigenvalue weighted by Gasteiger charge is 2.12. The van der Waals surface area contributed by atoms with Gasteiger partial charge in [0.05, 0.1) is 18.3 Å². The fourth-order valence-electron chi connectivity index (χ4n) is 3.03. The van der Waals surface area contributed by atoms with Crippen molar-refractivity contribution in [3.63, 3.8) is 0 Å². The van der Waals surface area contributed by atoms with Gasteiger partial charge in [0.1, 0.15) is 5.75 Å². The number of aromatic nitrogens is 1. The predicted octanol–water partition coefficient (Wildman–Crippen LogP) is 4.71. The minimum atomic E-state index is 0.0460. The topological polar surface area (TPSA) is 63.2 Å². The van der Waals surface area contributed by atoms with Crippen LogP contribution in [0, 0.1) is 6.92 Å². The van der Waals surface area contributed by atoms with Crippen LogP contribution in [0.5, 0.6) is 5.75 Å². The van der Waals surface area contributed by atoms with E-state index >= 15 is 0 Å². The second-order valence-corrected chi connectivity index (χ2v) is 6.52. The normalized spacial score (nSPS) is 10.6. The van der Waals surface area contributed by atoms with Gasteiger partial charge in [-0.2, -0.15) is 0 Å². The number of benzene rings is 2. The fourth-order valence-corrected chi connectivity index (χ4v) is 3.03. The van der Waals surface area contributed by atoms with E-state index in [2.05, 4.69) is 15.6 Å². The summed E-state index contributed by atoms with van der Waals surface area (Å²) in [4.78, 5) is 16.4. The number of methoxy groups -OCH3 is 1. The summed E-state index contributed by atoms with van der Waals surface area (Å²) in [6, 6.07) is 14.0. The Labute approximate surface area is 159 Å². The van der Waals surface area contributed by atoms with E-state index in [1.165, 1.54) is 0 Å². The molecule has 0 radical (unpaired) electrons. The van der Waals surface area contributed by atoms with Crippen LogP contribution < -0.4 is 15.4 Å². The van der Waals surface area contributed by atoms with Gasteiger partial charge in [-0.3, -0.25) is 9.78 Å². The molecule has 5 nitrogen and oxygen atoms in total. The van der Waals surface area contributed by atoms with Gasteiger partial charge in [0, 0.05) is 41.9 Å². The molecule has 3 aromatic rings. The fraction of sp³-hybridized carbons (Fsp3) is 0.273. The van der Waals surface area contributed by atoms with E-state index in [1.807, 2.05) is 62.5 Å². The van der Waals surface area contributed by atoms with Crippen LogP contribution in [0.15, 0.2) is 48.7 Å². The molecule has 0 aliphatic heterocycles. The average molecular weight is 363 g/mol. The summed E-state index contributed by atoms with van der Waals surface area (Å²) < 4.78 is 5.52. The van der Waals surface area contributed by atoms with E-state index < -0.39 is 0 Å². The SMILES string of the molecule is CCCC(=O)NCc1cc2c(Nc3ccccc3)c(C)cnc2cc1OC. The van der Waals surface area contributed by atoms with Crippen molar-refractivity contribution in [2.24, 2.45) is 0 Å². The molecular weight excluding hydrogens is 338 g/mol. The number of rotatable bonds is 7. The number of fused-ring (bicyclic) bond motifs is 1. The van der Waals surface area contributed by atoms with Crippen molar-refractivity contribution in [1.29, 1.82) is 0 Å². The molecule has 140 valence electrons. The summed E-state index contributed by atoms with van der Waals surface area (Å²) >= 11 is 0. The summed E-state index contributed by atoms with van der Waals surface area (Å²) in [6.07, 6.45) is 3.21. The van der Waals surface area contributed by atoms with E-state index in [1.54, 1.807) is 7.11 Å². The minimum Gasteiger partial charge on any atom is -0.496 e. The van der Waals surface area contributed by atoms with Crippen LogP contribution in [0.2, 0.25) is 0 Å². The zero-order valence-electron chi connectivity index (χ0n) is 16.0. The molecule has 0 saturated carbocycles. The maximum atomic E-state index is 11.9. The zero-order valence-corrected chi connectivity index (χ0v) is 16.0. The number of hydrogen-bond donors (Lipinski definition) is 2. The Hall–Kier alpha value is -3.08. The molecule has 27 heavy (non-hydrogen) atoms. The Morgan fingerprint density at radius 1 is 1.19 bits per heavy atom. The van der Waals surface area contributed by atoms with Gasteiger partial charge in [0.2, 0.25) is 5.91 Å². The van der Waals surface area contributed by atoms with E-state index in [9.17, 15) is 4.79 Å². The molecule has 1 heterocycles. The third-order valence-electron chi connectivity index (χ3n) is 4.46. The molecule has 3 rings (SSSR count). The Balaban J connectivity index is 2.01. The molecule has 0 aliphatic carbocycles. The maximum absolute atomic E-state index is 11.9. The quantitative estimate of drug-likeness (QED) is 0.638. The van der Waals surface area contributed by atoms with E-state index in [0.717, 1.165) is 45.6 Å². The van der Waals surface area contributed by atoms with Crippen LogP contribution in [-0.2, 0) is 11.3 Å². The van der Waals surface area contributed by atoms with Gasteiger partial charge in [-0.25, -0.2) is 0 Å². The maximum Gasteiger partial charge on any atom is 0.220 e. The number of ether oxygens (including phenoxy) is 1. The van der Waals surface area contributed by atoms with Gasteiger partial charge in [-0.15, -0.1) is 0 Å². The Morgan fingerprint density at radius 3 is 2.67 bits per heavy atom. The Bertz CT molecular complexity index is 939. The summed E-state index contributed by atoms with van der Waals surface area (Å²) in [7, 11) is 1.63. The molecule has 0 fully saturated rings. The average Bonchev–Trinajstić information content (AvgIpc) is 2.69. The zero-order chi connectivity index (χ0) is 19.2. The van der Waals surface area contributed by atoms with Gasteiger partial charge in [-0.05, 0) is 37.1 Å². The number of hydrogen-bond acceptors (Lipinski definition) is 4. The van der Waals surface area contributed by atoms with Crippen molar-refractivity contribution in [1.82, 2.24) is 10.3 Å². The second kappa shape index (κ2) is 8.54. The molecule has 2 N–H and O–H groups in total. The van der Waals surface area contributed by atoms with E-state index in [4.69, 9.17) is 4.74 Å². The number of nitrogens with zero attached hydrogens (tertiary/aromatic N) is 1. The summed E-state index contributed by atoms with van der Waals surface area (Å²) in [6.45, 7) is 4.45. The predicted molar refractivity (Wildman–Crippen MR) is 110 cm³/mol. The summed E-state index contributed by atoms with van der Waals surface area (Å²) in [5.74, 6) is 0.769. The first-order valence-corrected chi connectivity index (χ1v) is 9.17. The highest BCUT2D eigenvalue weighted by Crippen LogP contribution is 2.33. The largest absolute Gasteiger partial charge is 0.496 e. The van der Waals surface area contributed by atoms with E-state index in [0.29, 0.717) is 13.0 Å². The summed E-state index contributed by atoms with van der Waals surface area (Å²) in [5.41, 5.74) is 4.85. The van der Waals surface area contributed by atoms with E-state index in [-0.39, 0.29) is 5.91 Å². The number of pyridine rings is 1. The minimum absolute atomic E-state index is 0.0460. The lowest BCUT2D eigenvalue weighted by atomic mass is 10.0. The number of nitrogens with one attached hydrogen (secondary N) is 2. The molecular formula is C22H25N3O2. The standard InChI is InChI=1S/C22H25N3O2/c1-4-8-21(26)24-14-16-11-18-19(12-20(16)27-3)23-13-15(2)22(18)25-17-9-6-5-7-10-17/h5-7,9-13H,4,8,14H2,1-3H3,(H,23,25)(H,24,26). The van der Waals surface area contributed by atoms with Crippen LogP contribution in [0.4, 0.5) is 11.4 Å². The van der Waals surface area contributed by atoms with Gasteiger partial charge in [0.15, 0.2) is 0 Å². The van der Waals surface area contributed by atoms with Crippen molar-refractivity contribution < 1.29 is 9.53 Å². The number of aryl methyl sites for hydroxylation is 1. The van der Waals surface area contributed by atoms with Crippen LogP contribution in [0.1, 0.15) is 30.9 Å². The molecule has 0 aliphatic rings. The lowest BCUT2D eigenvalue weighted by Crippen LogP contribution is -2.22. The molecule has 0 bridgehead atoms. The molecule has 0 saturated heterocycles. The van der Waals surface area contributed by atoms with Crippen LogP contribution >= 0.6 is 0 Å². The number of carbonyl (C=O) groups excluding carboxylic acids is 1. The second-order valence-electron chi connectivity index (χ2n) is 6.52. The Kier molecular flexibility index (Phi) is 5.91. The molecule has 0 unspecified atom stereocenters. The lowest BCUT2D eigenvalue weighted by molar-refractivity contribution is -0.121. The van der Waals surface area contributed by atoms with Gasteiger partial charge in [-0.1, -0.05) is 25.1 Å². The lowest BCUT2D eigenvalue weighted by Gasteiger charge is -2.16. The number of anilines is 2. The summed E-state index contributed by atoms with van der Waals surface area (Å²) in [5, 5.41) is 7.46. The molecule has 2 aromatic carbocycles. The third-order valence-corrected chi connectivity index (χ3v) is 4.46.